The van der Waals surface area contributed by atoms with E-state index in [1.165, 1.54) is 6.42 Å². The van der Waals surface area contributed by atoms with Crippen molar-refractivity contribution in [3.63, 3.8) is 0 Å². The van der Waals surface area contributed by atoms with Crippen molar-refractivity contribution in [2.24, 2.45) is 5.92 Å². The fraction of sp³-hybridized carbons (Fsp3) is 0.562. The van der Waals surface area contributed by atoms with E-state index in [1.807, 2.05) is 30.3 Å². The lowest BCUT2D eigenvalue weighted by Crippen LogP contribution is -2.24. The molecule has 5 heteroatoms. The first-order valence-electron chi connectivity index (χ1n) is 7.52. The zero-order valence-corrected chi connectivity index (χ0v) is 13.0. The molecule has 1 aromatic carbocycles. The lowest BCUT2D eigenvalue weighted by molar-refractivity contribution is -0.145. The summed E-state index contributed by atoms with van der Waals surface area (Å²) in [5, 5.41) is 0. The lowest BCUT2D eigenvalue weighted by atomic mass is 9.86. The Hall–Kier alpha value is -1.25. The summed E-state index contributed by atoms with van der Waals surface area (Å²) in [6, 6.07) is 9.36. The van der Waals surface area contributed by atoms with Gasteiger partial charge in [0.2, 0.25) is 0 Å². The maximum absolute atomic E-state index is 12.1. The number of carbonyl (C=O) groups is 1. The highest BCUT2D eigenvalue weighted by molar-refractivity contribution is 7.40. The van der Waals surface area contributed by atoms with Crippen LogP contribution < -0.4 is 0 Å². The summed E-state index contributed by atoms with van der Waals surface area (Å²) in [6.45, 7) is 0.157. The fourth-order valence-electron chi connectivity index (χ4n) is 2.84. The van der Waals surface area contributed by atoms with Gasteiger partial charge in [0.15, 0.2) is 0 Å². The molecule has 2 atom stereocenters. The SMILES string of the molecule is O=C(OCc1ccccc1)[C@@H](CC1CCCCC1)[P+](=O)O. The minimum Gasteiger partial charge on any atom is -0.457 e. The van der Waals surface area contributed by atoms with E-state index in [-0.39, 0.29) is 6.61 Å². The van der Waals surface area contributed by atoms with Gasteiger partial charge in [-0.15, -0.1) is 0 Å². The third kappa shape index (κ3) is 5.22. The summed E-state index contributed by atoms with van der Waals surface area (Å²) in [5.74, 6) is -0.174. The first kappa shape index (κ1) is 16.1. The average Bonchev–Trinajstić information content (AvgIpc) is 2.52. The molecule has 1 aliphatic rings. The van der Waals surface area contributed by atoms with Crippen molar-refractivity contribution in [1.82, 2.24) is 0 Å². The summed E-state index contributed by atoms with van der Waals surface area (Å²) in [4.78, 5) is 21.5. The zero-order valence-electron chi connectivity index (χ0n) is 12.1. The highest BCUT2D eigenvalue weighted by Crippen LogP contribution is 2.35. The number of benzene rings is 1. The van der Waals surface area contributed by atoms with Gasteiger partial charge in [-0.05, 0) is 16.0 Å². The normalized spacial score (nSPS) is 18.0. The zero-order chi connectivity index (χ0) is 15.1. The van der Waals surface area contributed by atoms with E-state index >= 15 is 0 Å². The van der Waals surface area contributed by atoms with Crippen LogP contribution in [0.25, 0.3) is 0 Å². The van der Waals surface area contributed by atoms with Crippen LogP contribution in [-0.2, 0) is 20.7 Å². The van der Waals surface area contributed by atoms with E-state index in [2.05, 4.69) is 0 Å². The quantitative estimate of drug-likeness (QED) is 0.641. The van der Waals surface area contributed by atoms with Crippen LogP contribution in [-0.4, -0.2) is 16.5 Å². The molecule has 0 heterocycles. The number of rotatable bonds is 6. The maximum atomic E-state index is 12.1. The van der Waals surface area contributed by atoms with Crippen molar-refractivity contribution in [3.05, 3.63) is 35.9 Å². The summed E-state index contributed by atoms with van der Waals surface area (Å²) in [5.41, 5.74) is 0.00208. The fourth-order valence-corrected chi connectivity index (χ4v) is 3.57. The van der Waals surface area contributed by atoms with Gasteiger partial charge in [0.05, 0.1) is 0 Å². The third-order valence-corrected chi connectivity index (χ3v) is 5.00. The molecule has 1 saturated carbocycles. The molecule has 21 heavy (non-hydrogen) atoms. The van der Waals surface area contributed by atoms with Gasteiger partial charge in [-0.1, -0.05) is 62.4 Å². The van der Waals surface area contributed by atoms with E-state index in [0.29, 0.717) is 12.3 Å². The van der Waals surface area contributed by atoms with Crippen molar-refractivity contribution in [2.45, 2.75) is 50.8 Å². The highest BCUT2D eigenvalue weighted by Gasteiger charge is 2.40. The van der Waals surface area contributed by atoms with E-state index < -0.39 is 19.7 Å². The Balaban J connectivity index is 1.87. The van der Waals surface area contributed by atoms with Gasteiger partial charge in [-0.2, -0.15) is 4.89 Å². The van der Waals surface area contributed by atoms with Gasteiger partial charge < -0.3 is 4.74 Å². The standard InChI is InChI=1S/C16H21O4P/c17-16(20-12-14-9-5-2-6-10-14)15(21(18)19)11-13-7-3-1-4-8-13/h2,5-6,9-10,13,15H,1,3-4,7-8,11-12H2/p+1/t15-/m1/s1. The van der Waals surface area contributed by atoms with Gasteiger partial charge in [0.25, 0.3) is 5.66 Å². The van der Waals surface area contributed by atoms with Crippen molar-refractivity contribution >= 4 is 14.0 Å². The summed E-state index contributed by atoms with van der Waals surface area (Å²) < 4.78 is 16.7. The second kappa shape index (κ2) is 8.26. The Labute approximate surface area is 126 Å². The van der Waals surface area contributed by atoms with Crippen LogP contribution in [0.4, 0.5) is 0 Å². The Morgan fingerprint density at radius 1 is 1.24 bits per heavy atom. The predicted octanol–water partition coefficient (Wildman–Crippen LogP) is 3.80. The monoisotopic (exact) mass is 309 g/mol. The van der Waals surface area contributed by atoms with Crippen LogP contribution in [0.3, 0.4) is 0 Å². The number of hydrogen-bond acceptors (Lipinski definition) is 3. The van der Waals surface area contributed by atoms with Crippen LogP contribution >= 0.6 is 8.03 Å². The minimum atomic E-state index is -2.53. The molecule has 0 radical (unpaired) electrons. The minimum absolute atomic E-state index is 0.157. The van der Waals surface area contributed by atoms with Crippen molar-refractivity contribution < 1.29 is 19.0 Å². The van der Waals surface area contributed by atoms with Crippen LogP contribution in [0.1, 0.15) is 44.1 Å². The smallest absolute Gasteiger partial charge is 0.457 e. The molecule has 0 aromatic heterocycles. The molecular weight excluding hydrogens is 287 g/mol. The molecular formula is C16H22O4P+. The molecule has 0 amide bonds. The second-order valence-corrected chi connectivity index (χ2v) is 6.88. The van der Waals surface area contributed by atoms with Crippen LogP contribution in [0.2, 0.25) is 0 Å². The van der Waals surface area contributed by atoms with Crippen molar-refractivity contribution in [2.75, 3.05) is 0 Å². The number of ether oxygens (including phenoxy) is 1. The number of hydrogen-bond donors (Lipinski definition) is 1. The van der Waals surface area contributed by atoms with Gasteiger partial charge >= 0.3 is 14.0 Å². The first-order chi connectivity index (χ1) is 10.2. The van der Waals surface area contributed by atoms with Gasteiger partial charge in [0, 0.05) is 6.42 Å². The van der Waals surface area contributed by atoms with E-state index in [4.69, 9.17) is 4.74 Å². The molecule has 2 rings (SSSR count). The molecule has 0 aliphatic heterocycles. The molecule has 1 unspecified atom stereocenters. The van der Waals surface area contributed by atoms with Gasteiger partial charge in [-0.25, -0.2) is 4.79 Å². The molecule has 1 N–H and O–H groups in total. The Morgan fingerprint density at radius 2 is 1.90 bits per heavy atom. The molecule has 1 aromatic rings. The molecule has 1 fully saturated rings. The van der Waals surface area contributed by atoms with Crippen LogP contribution in [0.5, 0.6) is 0 Å². The lowest BCUT2D eigenvalue weighted by Gasteiger charge is -2.21. The first-order valence-corrected chi connectivity index (χ1v) is 8.81. The van der Waals surface area contributed by atoms with E-state index in [0.717, 1.165) is 31.2 Å². The Bertz CT molecular complexity index is 468. The van der Waals surface area contributed by atoms with Gasteiger partial charge in [0.1, 0.15) is 6.61 Å². The van der Waals surface area contributed by atoms with Gasteiger partial charge in [-0.3, -0.25) is 0 Å². The molecule has 4 nitrogen and oxygen atoms in total. The van der Waals surface area contributed by atoms with Crippen LogP contribution in [0, 0.1) is 5.92 Å². The highest BCUT2D eigenvalue weighted by atomic mass is 31.1. The number of esters is 1. The molecule has 0 spiro atoms. The van der Waals surface area contributed by atoms with Crippen LogP contribution in [0.15, 0.2) is 30.3 Å². The van der Waals surface area contributed by atoms with Crippen molar-refractivity contribution in [1.29, 1.82) is 0 Å². The molecule has 0 saturated heterocycles. The summed E-state index contributed by atoms with van der Waals surface area (Å²) in [6.07, 6.45) is 6.10. The Morgan fingerprint density at radius 3 is 2.52 bits per heavy atom. The van der Waals surface area contributed by atoms with E-state index in [1.54, 1.807) is 0 Å². The second-order valence-electron chi connectivity index (χ2n) is 5.65. The summed E-state index contributed by atoms with van der Waals surface area (Å²) in [7, 11) is -2.53. The largest absolute Gasteiger partial charge is 0.520 e. The molecule has 0 bridgehead atoms. The topological polar surface area (TPSA) is 63.6 Å². The summed E-state index contributed by atoms with van der Waals surface area (Å²) >= 11 is 0. The average molecular weight is 309 g/mol. The third-order valence-electron chi connectivity index (χ3n) is 4.04. The Kier molecular flexibility index (Phi) is 6.34. The van der Waals surface area contributed by atoms with Crippen molar-refractivity contribution in [3.8, 4) is 0 Å². The maximum Gasteiger partial charge on any atom is 0.520 e. The predicted molar refractivity (Wildman–Crippen MR) is 81.0 cm³/mol. The number of carbonyl (C=O) groups excluding carboxylic acids is 1. The molecule has 1 aliphatic carbocycles. The molecule has 114 valence electrons. The van der Waals surface area contributed by atoms with E-state index in [9.17, 15) is 14.3 Å².